The Balaban J connectivity index is 1.89. The number of aromatic amines is 1. The van der Waals surface area contributed by atoms with Crippen LogP contribution < -0.4 is 4.72 Å². The lowest BCUT2D eigenvalue weighted by Gasteiger charge is -2.20. The molecule has 0 bridgehead atoms. The Kier molecular flexibility index (Phi) is 4.17. The van der Waals surface area contributed by atoms with Crippen molar-refractivity contribution in [2.75, 3.05) is 23.8 Å². The summed E-state index contributed by atoms with van der Waals surface area (Å²) in [6.07, 6.45) is 2.69. The normalized spacial score (nSPS) is 22.1. The van der Waals surface area contributed by atoms with Gasteiger partial charge in [-0.25, -0.2) is 13.1 Å². The van der Waals surface area contributed by atoms with E-state index in [0.717, 1.165) is 17.3 Å². The van der Waals surface area contributed by atoms with E-state index >= 15 is 0 Å². The molecule has 0 aliphatic carbocycles. The van der Waals surface area contributed by atoms with Gasteiger partial charge in [0, 0.05) is 35.3 Å². The maximum atomic E-state index is 11.7. The van der Waals surface area contributed by atoms with Crippen LogP contribution in [0, 0.1) is 0 Å². The van der Waals surface area contributed by atoms with Gasteiger partial charge in [0.25, 0.3) is 0 Å². The van der Waals surface area contributed by atoms with Crippen LogP contribution in [0.4, 0.5) is 0 Å². The average molecular weight is 279 g/mol. The Hall–Kier alpha value is -0.180. The van der Waals surface area contributed by atoms with Gasteiger partial charge in [-0.05, 0) is 0 Å². The van der Waals surface area contributed by atoms with Crippen LogP contribution in [-0.4, -0.2) is 47.7 Å². The highest BCUT2D eigenvalue weighted by Crippen LogP contribution is 2.23. The SMILES string of the molecule is O=S(=O)(NCC1CSCCS1)c1cn[nH]c1. The maximum absolute atomic E-state index is 11.7. The van der Waals surface area contributed by atoms with E-state index in [4.69, 9.17) is 0 Å². The number of nitrogens with zero attached hydrogens (tertiary/aromatic N) is 1. The second kappa shape index (κ2) is 5.44. The molecule has 2 rings (SSSR count). The van der Waals surface area contributed by atoms with Crippen LogP contribution in [0.3, 0.4) is 0 Å². The molecule has 1 fully saturated rings. The molecular weight excluding hydrogens is 266 g/mol. The maximum Gasteiger partial charge on any atom is 0.243 e. The molecule has 1 aliphatic heterocycles. The third-order valence-electron chi connectivity index (χ3n) is 2.17. The molecule has 0 spiro atoms. The van der Waals surface area contributed by atoms with Crippen molar-refractivity contribution in [2.24, 2.45) is 0 Å². The summed E-state index contributed by atoms with van der Waals surface area (Å²) >= 11 is 3.71. The summed E-state index contributed by atoms with van der Waals surface area (Å²) in [6.45, 7) is 0.491. The van der Waals surface area contributed by atoms with Gasteiger partial charge in [0.05, 0.1) is 6.20 Å². The third kappa shape index (κ3) is 3.16. The summed E-state index contributed by atoms with van der Waals surface area (Å²) in [4.78, 5) is 0.195. The Labute approximate surface area is 103 Å². The lowest BCUT2D eigenvalue weighted by molar-refractivity contribution is 0.581. The quantitative estimate of drug-likeness (QED) is 0.841. The van der Waals surface area contributed by atoms with Crippen LogP contribution in [0.15, 0.2) is 17.3 Å². The van der Waals surface area contributed by atoms with Gasteiger partial charge in [-0.3, -0.25) is 5.10 Å². The highest BCUT2D eigenvalue weighted by molar-refractivity contribution is 8.06. The molecule has 1 aromatic heterocycles. The molecule has 1 aromatic rings. The number of sulfonamides is 1. The van der Waals surface area contributed by atoms with Crippen LogP contribution in [0.2, 0.25) is 0 Å². The summed E-state index contributed by atoms with van der Waals surface area (Å²) < 4.78 is 26.1. The molecule has 8 heteroatoms. The number of aromatic nitrogens is 2. The number of H-pyrrole nitrogens is 1. The second-order valence-corrected chi connectivity index (χ2v) is 7.68. The molecule has 0 radical (unpaired) electrons. The van der Waals surface area contributed by atoms with Gasteiger partial charge in [0.2, 0.25) is 10.0 Å². The van der Waals surface area contributed by atoms with Crippen molar-refractivity contribution in [1.29, 1.82) is 0 Å². The van der Waals surface area contributed by atoms with E-state index in [1.54, 1.807) is 0 Å². The minimum Gasteiger partial charge on any atom is -0.284 e. The Morgan fingerprint density at radius 3 is 3.06 bits per heavy atom. The fourth-order valence-electron chi connectivity index (χ4n) is 1.33. The van der Waals surface area contributed by atoms with E-state index in [-0.39, 0.29) is 4.90 Å². The van der Waals surface area contributed by atoms with Crippen LogP contribution in [0.1, 0.15) is 0 Å². The minimum absolute atomic E-state index is 0.195. The molecule has 2 N–H and O–H groups in total. The highest BCUT2D eigenvalue weighted by atomic mass is 32.2. The summed E-state index contributed by atoms with van der Waals surface area (Å²) in [5.74, 6) is 3.27. The summed E-state index contributed by atoms with van der Waals surface area (Å²) in [6, 6.07) is 0. The van der Waals surface area contributed by atoms with Gasteiger partial charge in [0.1, 0.15) is 4.90 Å². The monoisotopic (exact) mass is 279 g/mol. The first-order valence-electron chi connectivity index (χ1n) is 4.86. The van der Waals surface area contributed by atoms with Crippen molar-refractivity contribution in [3.05, 3.63) is 12.4 Å². The van der Waals surface area contributed by atoms with E-state index in [0.29, 0.717) is 11.8 Å². The Bertz CT molecular complexity index is 412. The van der Waals surface area contributed by atoms with Crippen LogP contribution in [0.5, 0.6) is 0 Å². The molecular formula is C8H13N3O2S3. The molecule has 1 aliphatic rings. The molecule has 2 heterocycles. The van der Waals surface area contributed by atoms with Crippen molar-refractivity contribution < 1.29 is 8.42 Å². The lowest BCUT2D eigenvalue weighted by Crippen LogP contribution is -2.33. The molecule has 1 atom stereocenters. The largest absolute Gasteiger partial charge is 0.284 e. The zero-order valence-corrected chi connectivity index (χ0v) is 11.0. The van der Waals surface area contributed by atoms with E-state index in [9.17, 15) is 8.42 Å². The first-order chi connectivity index (χ1) is 7.68. The number of hydrogen-bond donors (Lipinski definition) is 2. The molecule has 90 valence electrons. The smallest absolute Gasteiger partial charge is 0.243 e. The minimum atomic E-state index is -3.38. The first-order valence-corrected chi connectivity index (χ1v) is 8.55. The fraction of sp³-hybridized carbons (Fsp3) is 0.625. The number of rotatable bonds is 4. The predicted octanol–water partition coefficient (Wildman–Crippen LogP) is 0.537. The molecule has 5 nitrogen and oxygen atoms in total. The number of thioether (sulfide) groups is 2. The summed E-state index contributed by atoms with van der Waals surface area (Å²) in [5, 5.41) is 6.50. The second-order valence-electron chi connectivity index (χ2n) is 3.35. The van der Waals surface area contributed by atoms with Gasteiger partial charge < -0.3 is 0 Å². The summed E-state index contributed by atoms with van der Waals surface area (Å²) in [5.41, 5.74) is 0. The number of hydrogen-bond acceptors (Lipinski definition) is 5. The standard InChI is InChI=1S/C8H13N3O2S3/c12-16(13,8-4-9-10-5-8)11-3-7-6-14-1-2-15-7/h4-5,7,11H,1-3,6H2,(H,9,10). The first kappa shape index (κ1) is 12.3. The van der Waals surface area contributed by atoms with Crippen LogP contribution in [-0.2, 0) is 10.0 Å². The lowest BCUT2D eigenvalue weighted by atomic mass is 10.5. The molecule has 0 saturated carbocycles. The molecule has 0 amide bonds. The Morgan fingerprint density at radius 1 is 1.56 bits per heavy atom. The zero-order valence-electron chi connectivity index (χ0n) is 8.55. The van der Waals surface area contributed by atoms with E-state index in [2.05, 4.69) is 14.9 Å². The van der Waals surface area contributed by atoms with E-state index in [1.165, 1.54) is 12.4 Å². The fourth-order valence-corrected chi connectivity index (χ4v) is 5.03. The van der Waals surface area contributed by atoms with Crippen LogP contribution >= 0.6 is 23.5 Å². The van der Waals surface area contributed by atoms with Crippen molar-refractivity contribution in [2.45, 2.75) is 10.1 Å². The third-order valence-corrected chi connectivity index (χ3v) is 6.40. The summed E-state index contributed by atoms with van der Waals surface area (Å²) in [7, 11) is -3.38. The molecule has 1 saturated heterocycles. The van der Waals surface area contributed by atoms with Crippen molar-refractivity contribution >= 4 is 33.5 Å². The van der Waals surface area contributed by atoms with Crippen molar-refractivity contribution in [3.8, 4) is 0 Å². The van der Waals surface area contributed by atoms with Gasteiger partial charge in [0.15, 0.2) is 0 Å². The molecule has 0 aromatic carbocycles. The van der Waals surface area contributed by atoms with Crippen LogP contribution in [0.25, 0.3) is 0 Å². The van der Waals surface area contributed by atoms with Crippen molar-refractivity contribution in [3.63, 3.8) is 0 Å². The zero-order chi connectivity index (χ0) is 11.4. The Morgan fingerprint density at radius 2 is 2.44 bits per heavy atom. The van der Waals surface area contributed by atoms with E-state index < -0.39 is 10.0 Å². The van der Waals surface area contributed by atoms with Gasteiger partial charge in [-0.2, -0.15) is 28.6 Å². The van der Waals surface area contributed by atoms with Gasteiger partial charge in [-0.1, -0.05) is 0 Å². The van der Waals surface area contributed by atoms with Gasteiger partial charge >= 0.3 is 0 Å². The molecule has 1 unspecified atom stereocenters. The predicted molar refractivity (Wildman–Crippen MR) is 67.3 cm³/mol. The highest BCUT2D eigenvalue weighted by Gasteiger charge is 2.19. The van der Waals surface area contributed by atoms with E-state index in [1.807, 2.05) is 23.5 Å². The average Bonchev–Trinajstić information content (AvgIpc) is 2.82. The molecule has 16 heavy (non-hydrogen) atoms. The number of nitrogens with one attached hydrogen (secondary N) is 2. The topological polar surface area (TPSA) is 74.8 Å². The van der Waals surface area contributed by atoms with Gasteiger partial charge in [-0.15, -0.1) is 0 Å². The van der Waals surface area contributed by atoms with Crippen molar-refractivity contribution in [1.82, 2.24) is 14.9 Å².